The third-order valence-electron chi connectivity index (χ3n) is 5.84. The highest BCUT2D eigenvalue weighted by atomic mass is 32.2. The average molecular weight is 554 g/mol. The van der Waals surface area contributed by atoms with Crippen LogP contribution in [0.5, 0.6) is 0 Å². The summed E-state index contributed by atoms with van der Waals surface area (Å²) in [6.45, 7) is 1.94. The van der Waals surface area contributed by atoms with Gasteiger partial charge in [-0.2, -0.15) is 0 Å². The number of benzene rings is 4. The minimum Gasteiger partial charge on any atom is -0.322 e. The number of aryl methyl sites for hydroxylation is 1. The van der Waals surface area contributed by atoms with Gasteiger partial charge in [-0.1, -0.05) is 54.1 Å². The zero-order chi connectivity index (χ0) is 27.2. The number of rotatable bonds is 8. The van der Waals surface area contributed by atoms with Gasteiger partial charge in [0.15, 0.2) is 5.13 Å². The molecule has 5 nitrogen and oxygen atoms in total. The highest BCUT2D eigenvalue weighted by Crippen LogP contribution is 2.37. The molecule has 4 aromatic carbocycles. The summed E-state index contributed by atoms with van der Waals surface area (Å²) in [6, 6.07) is 30.4. The first-order valence-corrected chi connectivity index (χ1v) is 13.9. The maximum atomic E-state index is 13.5. The summed E-state index contributed by atoms with van der Waals surface area (Å²) in [6.07, 6.45) is 0. The van der Waals surface area contributed by atoms with E-state index >= 15 is 0 Å². The molecular weight excluding hydrogens is 529 g/mol. The fourth-order valence-corrected chi connectivity index (χ4v) is 5.74. The van der Waals surface area contributed by atoms with E-state index in [0.29, 0.717) is 22.1 Å². The summed E-state index contributed by atoms with van der Waals surface area (Å²) >= 11 is 2.70. The molecule has 2 amide bonds. The first kappa shape index (κ1) is 26.3. The van der Waals surface area contributed by atoms with Crippen molar-refractivity contribution in [3.63, 3.8) is 0 Å². The first-order chi connectivity index (χ1) is 18.9. The molecule has 0 aliphatic heterocycles. The number of carbonyl (C=O) groups is 2. The lowest BCUT2D eigenvalue weighted by Gasteiger charge is -2.17. The lowest BCUT2D eigenvalue weighted by atomic mass is 10.1. The minimum atomic E-state index is -0.563. The molecule has 5 rings (SSSR count). The van der Waals surface area contributed by atoms with E-state index in [2.05, 4.69) is 15.6 Å². The van der Waals surface area contributed by atoms with Crippen LogP contribution in [0.3, 0.4) is 0 Å². The van der Waals surface area contributed by atoms with E-state index < -0.39 is 5.25 Å². The van der Waals surface area contributed by atoms with Crippen LogP contribution in [0.1, 0.15) is 26.7 Å². The quantitative estimate of drug-likeness (QED) is 0.191. The molecule has 0 spiro atoms. The number of thiazole rings is 1. The SMILES string of the molecule is Cc1cccc(C(=O)Nc2cccc(SC(C(=O)Nc3nc(-c4ccc(F)cc4)cs3)c3ccccc3)c2)c1. The number of hydrogen-bond acceptors (Lipinski definition) is 5. The number of anilines is 2. The Kier molecular flexibility index (Phi) is 8.15. The van der Waals surface area contributed by atoms with E-state index in [1.807, 2.05) is 85.1 Å². The second-order valence-electron chi connectivity index (χ2n) is 8.79. The molecule has 0 fully saturated rings. The Morgan fingerprint density at radius 2 is 1.64 bits per heavy atom. The molecular formula is C31H24FN3O2S2. The zero-order valence-corrected chi connectivity index (χ0v) is 22.6. The number of thioether (sulfide) groups is 1. The van der Waals surface area contributed by atoms with Crippen molar-refractivity contribution in [2.75, 3.05) is 10.6 Å². The standard InChI is InChI=1S/C31H24FN3O2S2/c1-20-7-5-10-23(17-20)29(36)33-25-11-6-12-26(18-25)39-28(22-8-3-2-4-9-22)30(37)35-31-34-27(19-38-31)21-13-15-24(32)16-14-21/h2-19,28H,1H3,(H,33,36)(H,34,35,37). The molecule has 1 heterocycles. The number of hydrogen-bond donors (Lipinski definition) is 2. The van der Waals surface area contributed by atoms with Crippen LogP contribution in [0.2, 0.25) is 0 Å². The molecule has 0 bridgehead atoms. The van der Waals surface area contributed by atoms with Crippen LogP contribution in [-0.2, 0) is 4.79 Å². The first-order valence-electron chi connectivity index (χ1n) is 12.2. The Bertz CT molecular complexity index is 1600. The smallest absolute Gasteiger partial charge is 0.255 e. The van der Waals surface area contributed by atoms with E-state index in [1.165, 1.54) is 35.2 Å². The largest absolute Gasteiger partial charge is 0.322 e. The third kappa shape index (κ3) is 6.79. The van der Waals surface area contributed by atoms with Gasteiger partial charge >= 0.3 is 0 Å². The molecule has 0 radical (unpaired) electrons. The summed E-state index contributed by atoms with van der Waals surface area (Å²) in [5.74, 6) is -0.733. The highest BCUT2D eigenvalue weighted by molar-refractivity contribution is 8.00. The van der Waals surface area contributed by atoms with Gasteiger partial charge in [0, 0.05) is 27.1 Å². The Labute approximate surface area is 234 Å². The summed E-state index contributed by atoms with van der Waals surface area (Å²) < 4.78 is 13.3. The van der Waals surface area contributed by atoms with E-state index in [0.717, 1.165) is 21.6 Å². The van der Waals surface area contributed by atoms with Crippen molar-refractivity contribution in [2.45, 2.75) is 17.1 Å². The molecule has 39 heavy (non-hydrogen) atoms. The normalized spacial score (nSPS) is 11.5. The molecule has 8 heteroatoms. The Morgan fingerprint density at radius 3 is 2.41 bits per heavy atom. The summed E-state index contributed by atoms with van der Waals surface area (Å²) in [4.78, 5) is 31.6. The number of carbonyl (C=O) groups excluding carboxylic acids is 2. The van der Waals surface area contributed by atoms with Gasteiger partial charge < -0.3 is 10.6 Å². The fourth-order valence-electron chi connectivity index (χ4n) is 3.93. The number of aromatic nitrogens is 1. The molecule has 2 N–H and O–H groups in total. The van der Waals surface area contributed by atoms with Crippen LogP contribution in [-0.4, -0.2) is 16.8 Å². The van der Waals surface area contributed by atoms with Gasteiger partial charge in [0.2, 0.25) is 5.91 Å². The molecule has 1 unspecified atom stereocenters. The maximum Gasteiger partial charge on any atom is 0.255 e. The highest BCUT2D eigenvalue weighted by Gasteiger charge is 2.23. The fraction of sp³-hybridized carbons (Fsp3) is 0.0645. The van der Waals surface area contributed by atoms with Crippen molar-refractivity contribution in [3.8, 4) is 11.3 Å². The van der Waals surface area contributed by atoms with Crippen molar-refractivity contribution in [3.05, 3.63) is 131 Å². The second kappa shape index (κ2) is 12.1. The molecule has 1 atom stereocenters. The van der Waals surface area contributed by atoms with Crippen molar-refractivity contribution in [1.29, 1.82) is 0 Å². The summed E-state index contributed by atoms with van der Waals surface area (Å²) in [5, 5.41) is 7.61. The number of halogens is 1. The molecule has 0 aliphatic carbocycles. The van der Waals surface area contributed by atoms with Gasteiger partial charge in [-0.3, -0.25) is 9.59 Å². The van der Waals surface area contributed by atoms with Crippen LogP contribution in [0, 0.1) is 12.7 Å². The van der Waals surface area contributed by atoms with E-state index in [1.54, 1.807) is 18.2 Å². The predicted molar refractivity (Wildman–Crippen MR) is 157 cm³/mol. The maximum absolute atomic E-state index is 13.5. The lowest BCUT2D eigenvalue weighted by molar-refractivity contribution is -0.115. The number of amides is 2. The summed E-state index contributed by atoms with van der Waals surface area (Å²) in [7, 11) is 0. The van der Waals surface area contributed by atoms with E-state index in [9.17, 15) is 14.0 Å². The second-order valence-corrected chi connectivity index (χ2v) is 10.8. The minimum absolute atomic E-state index is 0.195. The van der Waals surface area contributed by atoms with Crippen LogP contribution >= 0.6 is 23.1 Å². The molecule has 0 aliphatic rings. The van der Waals surface area contributed by atoms with Crippen LogP contribution in [0.4, 0.5) is 15.2 Å². The lowest BCUT2D eigenvalue weighted by Crippen LogP contribution is -2.19. The van der Waals surface area contributed by atoms with Crippen molar-refractivity contribution < 1.29 is 14.0 Å². The Hall–Kier alpha value is -4.27. The van der Waals surface area contributed by atoms with Crippen molar-refractivity contribution in [1.82, 2.24) is 4.98 Å². The summed E-state index contributed by atoms with van der Waals surface area (Å²) in [5.41, 5.74) is 4.50. The number of nitrogens with one attached hydrogen (secondary N) is 2. The van der Waals surface area contributed by atoms with E-state index in [4.69, 9.17) is 0 Å². The van der Waals surface area contributed by atoms with Gasteiger partial charge in [0.05, 0.1) is 5.69 Å². The Morgan fingerprint density at radius 1 is 0.872 bits per heavy atom. The molecule has 5 aromatic rings. The van der Waals surface area contributed by atoms with Crippen molar-refractivity contribution in [2.24, 2.45) is 0 Å². The van der Waals surface area contributed by atoms with Crippen LogP contribution in [0.25, 0.3) is 11.3 Å². The van der Waals surface area contributed by atoms with Gasteiger partial charge in [0.25, 0.3) is 5.91 Å². The topological polar surface area (TPSA) is 71.1 Å². The van der Waals surface area contributed by atoms with Gasteiger partial charge in [-0.05, 0) is 67.1 Å². The van der Waals surface area contributed by atoms with Gasteiger partial charge in [-0.25, -0.2) is 9.37 Å². The van der Waals surface area contributed by atoms with Crippen LogP contribution < -0.4 is 10.6 Å². The van der Waals surface area contributed by atoms with Crippen molar-refractivity contribution >= 4 is 45.7 Å². The number of nitrogens with zero attached hydrogens (tertiary/aromatic N) is 1. The van der Waals surface area contributed by atoms with Gasteiger partial charge in [0.1, 0.15) is 11.1 Å². The predicted octanol–water partition coefficient (Wildman–Crippen LogP) is 7.98. The average Bonchev–Trinajstić information content (AvgIpc) is 3.41. The molecule has 194 valence electrons. The monoisotopic (exact) mass is 553 g/mol. The molecule has 0 saturated carbocycles. The molecule has 0 saturated heterocycles. The van der Waals surface area contributed by atoms with Gasteiger partial charge in [-0.15, -0.1) is 23.1 Å². The molecule has 1 aromatic heterocycles. The van der Waals surface area contributed by atoms with Crippen LogP contribution in [0.15, 0.2) is 113 Å². The Balaban J connectivity index is 1.33. The van der Waals surface area contributed by atoms with E-state index in [-0.39, 0.29) is 17.6 Å². The zero-order valence-electron chi connectivity index (χ0n) is 20.9. The third-order valence-corrected chi connectivity index (χ3v) is 7.85.